The summed E-state index contributed by atoms with van der Waals surface area (Å²) >= 11 is 1.55. The van der Waals surface area contributed by atoms with E-state index >= 15 is 0 Å². The molecule has 0 saturated carbocycles. The Labute approximate surface area is 179 Å². The maximum atomic E-state index is 12.5. The molecule has 0 aliphatic carbocycles. The normalized spacial score (nSPS) is 18.0. The number of β-amino-alcohol motifs (C(OH)–C–C–N with tert-alkyl or cyclic N) is 1. The number of carbonyl (C=O) groups excluding carboxylic acids is 3. The van der Waals surface area contributed by atoms with Crippen LogP contribution in [0.3, 0.4) is 0 Å². The van der Waals surface area contributed by atoms with E-state index < -0.39 is 6.10 Å². The Bertz CT molecular complexity index is 887. The predicted octanol–water partition coefficient (Wildman–Crippen LogP) is 2.00. The zero-order valence-electron chi connectivity index (χ0n) is 16.7. The monoisotopic (exact) mass is 427 g/mol. The summed E-state index contributed by atoms with van der Waals surface area (Å²) in [6.07, 6.45) is 0.277. The molecule has 0 spiro atoms. The van der Waals surface area contributed by atoms with E-state index in [1.807, 2.05) is 22.4 Å². The van der Waals surface area contributed by atoms with E-state index in [0.29, 0.717) is 43.6 Å². The molecule has 1 saturated heterocycles. The van der Waals surface area contributed by atoms with Gasteiger partial charge in [0.2, 0.25) is 5.91 Å². The van der Waals surface area contributed by atoms with Crippen LogP contribution in [0.4, 0.5) is 0 Å². The molecule has 1 atom stereocenters. The lowest BCUT2D eigenvalue weighted by Gasteiger charge is -2.35. The molecule has 30 heavy (non-hydrogen) atoms. The summed E-state index contributed by atoms with van der Waals surface area (Å²) in [6.45, 7) is 3.54. The number of fused-ring (bicyclic) bond motifs is 1. The number of thiophene rings is 1. The van der Waals surface area contributed by atoms with Crippen LogP contribution in [-0.2, 0) is 4.79 Å². The molecule has 2 aromatic rings. The van der Waals surface area contributed by atoms with Gasteiger partial charge in [0.05, 0.1) is 11.1 Å². The van der Waals surface area contributed by atoms with Crippen LogP contribution in [0.15, 0.2) is 41.8 Å². The van der Waals surface area contributed by atoms with Crippen molar-refractivity contribution in [3.63, 3.8) is 0 Å². The fraction of sp³-hybridized carbons (Fsp3) is 0.409. The Balaban J connectivity index is 1.20. The maximum Gasteiger partial charge on any atom is 0.261 e. The van der Waals surface area contributed by atoms with Crippen molar-refractivity contribution in [1.29, 1.82) is 0 Å². The number of rotatable bonds is 7. The van der Waals surface area contributed by atoms with E-state index in [4.69, 9.17) is 0 Å². The van der Waals surface area contributed by atoms with Gasteiger partial charge in [0.25, 0.3) is 11.8 Å². The van der Waals surface area contributed by atoms with Crippen molar-refractivity contribution < 1.29 is 19.5 Å². The van der Waals surface area contributed by atoms with Gasteiger partial charge >= 0.3 is 0 Å². The van der Waals surface area contributed by atoms with Gasteiger partial charge in [-0.2, -0.15) is 0 Å². The van der Waals surface area contributed by atoms with Crippen LogP contribution in [0.2, 0.25) is 0 Å². The number of hydrogen-bond donors (Lipinski definition) is 1. The van der Waals surface area contributed by atoms with Crippen molar-refractivity contribution in [2.45, 2.75) is 18.9 Å². The summed E-state index contributed by atoms with van der Waals surface area (Å²) in [6, 6.07) is 10.7. The van der Waals surface area contributed by atoms with Crippen molar-refractivity contribution in [1.82, 2.24) is 14.7 Å². The Kier molecular flexibility index (Phi) is 6.26. The van der Waals surface area contributed by atoms with Crippen molar-refractivity contribution in [2.75, 3.05) is 39.3 Å². The van der Waals surface area contributed by atoms with Gasteiger partial charge in [0.15, 0.2) is 0 Å². The highest BCUT2D eigenvalue weighted by molar-refractivity contribution is 7.10. The van der Waals surface area contributed by atoms with Gasteiger partial charge in [-0.3, -0.25) is 24.2 Å². The van der Waals surface area contributed by atoms with Crippen LogP contribution >= 0.6 is 11.3 Å². The molecular formula is C22H25N3O4S. The van der Waals surface area contributed by atoms with Crippen molar-refractivity contribution >= 4 is 29.1 Å². The van der Waals surface area contributed by atoms with E-state index in [1.165, 1.54) is 4.90 Å². The number of hydrogen-bond acceptors (Lipinski definition) is 6. The first-order valence-corrected chi connectivity index (χ1v) is 11.1. The van der Waals surface area contributed by atoms with Crippen molar-refractivity contribution in [2.24, 2.45) is 0 Å². The second kappa shape index (κ2) is 9.07. The first-order chi connectivity index (χ1) is 14.5. The summed E-state index contributed by atoms with van der Waals surface area (Å²) < 4.78 is 0. The summed E-state index contributed by atoms with van der Waals surface area (Å²) in [4.78, 5) is 43.5. The number of aliphatic hydroxyl groups is 1. The van der Waals surface area contributed by atoms with Gasteiger partial charge in [-0.15, -0.1) is 11.3 Å². The molecule has 3 amide bonds. The third-order valence-electron chi connectivity index (χ3n) is 5.68. The minimum atomic E-state index is -0.494. The molecular weight excluding hydrogens is 402 g/mol. The molecule has 3 heterocycles. The maximum absolute atomic E-state index is 12.5. The Morgan fingerprint density at radius 2 is 1.67 bits per heavy atom. The van der Waals surface area contributed by atoms with Crippen molar-refractivity contribution in [3.05, 3.63) is 57.8 Å². The summed E-state index contributed by atoms with van der Waals surface area (Å²) in [5.41, 5.74) is 0.879. The lowest BCUT2D eigenvalue weighted by atomic mass is 10.1. The molecule has 1 unspecified atom stereocenters. The van der Waals surface area contributed by atoms with Gasteiger partial charge in [-0.25, -0.2) is 0 Å². The van der Waals surface area contributed by atoms with E-state index in [1.54, 1.807) is 35.6 Å². The molecule has 2 aliphatic heterocycles. The predicted molar refractivity (Wildman–Crippen MR) is 113 cm³/mol. The Morgan fingerprint density at radius 3 is 2.27 bits per heavy atom. The van der Waals surface area contributed by atoms with Crippen LogP contribution in [0.25, 0.3) is 0 Å². The second-order valence-corrected chi connectivity index (χ2v) is 8.60. The zero-order valence-corrected chi connectivity index (χ0v) is 17.5. The van der Waals surface area contributed by atoms with Gasteiger partial charge in [0.1, 0.15) is 6.10 Å². The summed E-state index contributed by atoms with van der Waals surface area (Å²) in [5.74, 6) is -0.507. The molecule has 2 aliphatic rings. The van der Waals surface area contributed by atoms with Crippen LogP contribution in [-0.4, -0.2) is 76.8 Å². The first-order valence-electron chi connectivity index (χ1n) is 10.2. The molecule has 7 nitrogen and oxygen atoms in total. The average Bonchev–Trinajstić information content (AvgIpc) is 3.38. The quantitative estimate of drug-likeness (QED) is 0.684. The molecule has 1 aromatic carbocycles. The highest BCUT2D eigenvalue weighted by Crippen LogP contribution is 2.23. The summed E-state index contributed by atoms with van der Waals surface area (Å²) in [7, 11) is 0. The number of piperazine rings is 1. The fourth-order valence-electron chi connectivity index (χ4n) is 3.98. The van der Waals surface area contributed by atoms with E-state index in [2.05, 4.69) is 4.90 Å². The number of carbonyl (C=O) groups is 3. The third kappa shape index (κ3) is 4.30. The van der Waals surface area contributed by atoms with Gasteiger partial charge in [-0.1, -0.05) is 18.2 Å². The fourth-order valence-corrected chi connectivity index (χ4v) is 4.69. The third-order valence-corrected chi connectivity index (χ3v) is 6.65. The lowest BCUT2D eigenvalue weighted by molar-refractivity contribution is -0.133. The van der Waals surface area contributed by atoms with Crippen LogP contribution < -0.4 is 0 Å². The molecule has 158 valence electrons. The zero-order chi connectivity index (χ0) is 21.1. The van der Waals surface area contributed by atoms with Crippen LogP contribution in [0, 0.1) is 0 Å². The van der Waals surface area contributed by atoms with Gasteiger partial charge < -0.3 is 10.0 Å². The number of benzene rings is 1. The standard InChI is InChI=1S/C22H25N3O4S/c26-18(19-7-4-14-30-19)15-23-10-12-24(13-11-23)20(27)8-3-9-25-21(28)16-5-1-2-6-17(16)22(25)29/h1-2,4-7,14,18,26H,3,8-13,15H2. The van der Waals surface area contributed by atoms with E-state index in [0.717, 1.165) is 18.0 Å². The highest BCUT2D eigenvalue weighted by atomic mass is 32.1. The molecule has 1 N–H and O–H groups in total. The van der Waals surface area contributed by atoms with Crippen LogP contribution in [0.5, 0.6) is 0 Å². The number of nitrogens with zero attached hydrogens (tertiary/aromatic N) is 3. The highest BCUT2D eigenvalue weighted by Gasteiger charge is 2.34. The average molecular weight is 428 g/mol. The number of amides is 3. The van der Waals surface area contributed by atoms with Gasteiger partial charge in [-0.05, 0) is 30.0 Å². The largest absolute Gasteiger partial charge is 0.386 e. The minimum absolute atomic E-state index is 0.0464. The van der Waals surface area contributed by atoms with E-state index in [-0.39, 0.29) is 24.3 Å². The SMILES string of the molecule is O=C(CCCN1C(=O)c2ccccc2C1=O)N1CCN(CC(O)c2cccs2)CC1. The second-order valence-electron chi connectivity index (χ2n) is 7.62. The molecule has 1 fully saturated rings. The first kappa shape index (κ1) is 20.7. The molecule has 1 aromatic heterocycles. The number of imide groups is 1. The van der Waals surface area contributed by atoms with Crippen molar-refractivity contribution in [3.8, 4) is 0 Å². The Hall–Kier alpha value is -2.55. The van der Waals surface area contributed by atoms with E-state index in [9.17, 15) is 19.5 Å². The minimum Gasteiger partial charge on any atom is -0.386 e. The Morgan fingerprint density at radius 1 is 1.00 bits per heavy atom. The van der Waals surface area contributed by atoms with Gasteiger partial charge in [0, 0.05) is 50.6 Å². The van der Waals surface area contributed by atoms with Crippen LogP contribution in [0.1, 0.15) is 44.5 Å². The summed E-state index contributed by atoms with van der Waals surface area (Å²) in [5, 5.41) is 12.2. The molecule has 0 radical (unpaired) electrons. The smallest absolute Gasteiger partial charge is 0.261 e. The number of aliphatic hydroxyl groups excluding tert-OH is 1. The topological polar surface area (TPSA) is 81.2 Å². The molecule has 4 rings (SSSR count). The molecule has 8 heteroatoms. The lowest BCUT2D eigenvalue weighted by Crippen LogP contribution is -2.49. The molecule has 0 bridgehead atoms.